The molecule has 0 saturated heterocycles. The Bertz CT molecular complexity index is 746. The largest absolute Gasteiger partial charge is 0.361 e. The molecule has 1 aromatic carbocycles. The van der Waals surface area contributed by atoms with E-state index < -0.39 is 4.92 Å². The van der Waals surface area contributed by atoms with Gasteiger partial charge in [0.05, 0.1) is 4.92 Å². The molecule has 1 aliphatic rings. The summed E-state index contributed by atoms with van der Waals surface area (Å²) in [6.07, 6.45) is 7.93. The molecule has 0 amide bonds. The first-order valence-electron chi connectivity index (χ1n) is 8.87. The van der Waals surface area contributed by atoms with Gasteiger partial charge in [-0.15, -0.1) is 0 Å². The molecule has 7 nitrogen and oxygen atoms in total. The average molecular weight is 359 g/mol. The van der Waals surface area contributed by atoms with Crippen molar-refractivity contribution < 1.29 is 9.31 Å². The third-order valence-corrected chi connectivity index (χ3v) is 4.57. The van der Waals surface area contributed by atoms with Crippen molar-refractivity contribution in [3.8, 4) is 0 Å². The number of halogens is 1. The van der Waals surface area contributed by atoms with Gasteiger partial charge in [0, 0.05) is 12.6 Å². The molecule has 1 heterocycles. The number of rotatable bonds is 6. The van der Waals surface area contributed by atoms with Crippen LogP contribution in [-0.4, -0.2) is 20.9 Å². The molecule has 1 saturated carbocycles. The van der Waals surface area contributed by atoms with Crippen molar-refractivity contribution in [2.24, 2.45) is 0 Å². The number of hydrogen-bond donors (Lipinski definition) is 2. The molecule has 0 atom stereocenters. The summed E-state index contributed by atoms with van der Waals surface area (Å²) in [5.41, 5.74) is 0.649. The molecule has 2 aromatic rings. The van der Waals surface area contributed by atoms with Gasteiger partial charge in [0.1, 0.15) is 12.1 Å². The standard InChI is InChI=1S/C18H22FN5O2/c19-14-9-7-13(8-10-14)11-20-17-16(24(25)26)18(22-12-21-17)23-15-5-3-1-2-4-6-15/h7-10,12,15H,1-6,11H2,(H2,20,21,22,23). The van der Waals surface area contributed by atoms with Crippen LogP contribution in [0.25, 0.3) is 0 Å². The van der Waals surface area contributed by atoms with Gasteiger partial charge in [0.2, 0.25) is 11.6 Å². The van der Waals surface area contributed by atoms with Crippen molar-refractivity contribution in [1.82, 2.24) is 9.97 Å². The molecule has 138 valence electrons. The van der Waals surface area contributed by atoms with Gasteiger partial charge in [-0.2, -0.15) is 0 Å². The van der Waals surface area contributed by atoms with Crippen LogP contribution in [0.5, 0.6) is 0 Å². The Kier molecular flexibility index (Phi) is 5.93. The molecule has 1 aliphatic carbocycles. The molecule has 0 aliphatic heterocycles. The Morgan fingerprint density at radius 1 is 1.08 bits per heavy atom. The van der Waals surface area contributed by atoms with E-state index in [1.165, 1.54) is 31.3 Å². The second-order valence-electron chi connectivity index (χ2n) is 6.49. The summed E-state index contributed by atoms with van der Waals surface area (Å²) in [6.45, 7) is 0.307. The van der Waals surface area contributed by atoms with Crippen molar-refractivity contribution in [1.29, 1.82) is 0 Å². The molecule has 0 spiro atoms. The van der Waals surface area contributed by atoms with Crippen LogP contribution in [0.4, 0.5) is 21.7 Å². The predicted octanol–water partition coefficient (Wildman–Crippen LogP) is 4.27. The lowest BCUT2D eigenvalue weighted by atomic mass is 10.1. The number of hydrogen-bond acceptors (Lipinski definition) is 6. The predicted molar refractivity (Wildman–Crippen MR) is 97.5 cm³/mol. The zero-order chi connectivity index (χ0) is 18.4. The number of aromatic nitrogens is 2. The Balaban J connectivity index is 1.76. The first kappa shape index (κ1) is 18.0. The van der Waals surface area contributed by atoms with Gasteiger partial charge in [0.15, 0.2) is 0 Å². The minimum atomic E-state index is -0.466. The molecule has 3 rings (SSSR count). The molecule has 0 radical (unpaired) electrons. The first-order chi connectivity index (χ1) is 12.6. The van der Waals surface area contributed by atoms with E-state index in [9.17, 15) is 14.5 Å². The van der Waals surface area contributed by atoms with E-state index in [-0.39, 0.29) is 29.2 Å². The summed E-state index contributed by atoms with van der Waals surface area (Å²) >= 11 is 0. The van der Waals surface area contributed by atoms with Gasteiger partial charge in [0.25, 0.3) is 0 Å². The highest BCUT2D eigenvalue weighted by Gasteiger charge is 2.25. The Morgan fingerprint density at radius 3 is 2.38 bits per heavy atom. The van der Waals surface area contributed by atoms with E-state index in [0.29, 0.717) is 6.54 Å². The summed E-state index contributed by atoms with van der Waals surface area (Å²) < 4.78 is 13.0. The summed E-state index contributed by atoms with van der Waals surface area (Å²) in [5, 5.41) is 17.8. The van der Waals surface area contributed by atoms with Crippen LogP contribution in [0.2, 0.25) is 0 Å². The minimum Gasteiger partial charge on any atom is -0.361 e. The Labute approximate surface area is 151 Å². The SMILES string of the molecule is O=[N+]([O-])c1c(NCc2ccc(F)cc2)ncnc1NC1CCCCCC1. The molecule has 0 bridgehead atoms. The fraction of sp³-hybridized carbons (Fsp3) is 0.444. The van der Waals surface area contributed by atoms with Crippen molar-refractivity contribution >= 4 is 17.3 Å². The summed E-state index contributed by atoms with van der Waals surface area (Å²) in [7, 11) is 0. The fourth-order valence-corrected chi connectivity index (χ4v) is 3.19. The number of benzene rings is 1. The molecular formula is C18H22FN5O2. The van der Waals surface area contributed by atoms with Gasteiger partial charge >= 0.3 is 5.69 Å². The van der Waals surface area contributed by atoms with Gasteiger partial charge in [-0.1, -0.05) is 37.8 Å². The van der Waals surface area contributed by atoms with E-state index in [1.807, 2.05) is 0 Å². The normalized spacial score (nSPS) is 15.3. The molecule has 1 fully saturated rings. The van der Waals surface area contributed by atoms with Crippen LogP contribution in [-0.2, 0) is 6.54 Å². The molecule has 8 heteroatoms. The lowest BCUT2D eigenvalue weighted by Gasteiger charge is -2.17. The van der Waals surface area contributed by atoms with E-state index >= 15 is 0 Å². The highest BCUT2D eigenvalue weighted by molar-refractivity contribution is 5.69. The van der Waals surface area contributed by atoms with E-state index in [1.54, 1.807) is 12.1 Å². The van der Waals surface area contributed by atoms with Gasteiger partial charge in [-0.3, -0.25) is 10.1 Å². The molecule has 2 N–H and O–H groups in total. The Morgan fingerprint density at radius 2 is 1.73 bits per heavy atom. The highest BCUT2D eigenvalue weighted by Crippen LogP contribution is 2.31. The van der Waals surface area contributed by atoms with E-state index in [0.717, 1.165) is 31.2 Å². The van der Waals surface area contributed by atoms with Crippen LogP contribution in [0.3, 0.4) is 0 Å². The quantitative estimate of drug-likeness (QED) is 0.454. The third-order valence-electron chi connectivity index (χ3n) is 4.57. The monoisotopic (exact) mass is 359 g/mol. The molecule has 1 aromatic heterocycles. The van der Waals surface area contributed by atoms with Crippen LogP contribution in [0.15, 0.2) is 30.6 Å². The van der Waals surface area contributed by atoms with Crippen LogP contribution < -0.4 is 10.6 Å². The highest BCUT2D eigenvalue weighted by atomic mass is 19.1. The van der Waals surface area contributed by atoms with Gasteiger partial charge < -0.3 is 10.6 Å². The maximum atomic E-state index is 13.0. The van der Waals surface area contributed by atoms with Crippen molar-refractivity contribution in [3.05, 3.63) is 52.1 Å². The molecular weight excluding hydrogens is 337 g/mol. The zero-order valence-electron chi connectivity index (χ0n) is 14.4. The van der Waals surface area contributed by atoms with Crippen LogP contribution in [0.1, 0.15) is 44.1 Å². The number of anilines is 2. The lowest BCUT2D eigenvalue weighted by molar-refractivity contribution is -0.383. The van der Waals surface area contributed by atoms with Crippen molar-refractivity contribution in [3.63, 3.8) is 0 Å². The summed E-state index contributed by atoms with van der Waals surface area (Å²) in [4.78, 5) is 19.3. The first-order valence-corrected chi connectivity index (χ1v) is 8.87. The Hall–Kier alpha value is -2.77. The van der Waals surface area contributed by atoms with Crippen LogP contribution >= 0.6 is 0 Å². The van der Waals surface area contributed by atoms with Gasteiger partial charge in [-0.05, 0) is 30.5 Å². The molecule has 0 unspecified atom stereocenters. The minimum absolute atomic E-state index is 0.154. The molecule has 26 heavy (non-hydrogen) atoms. The third kappa shape index (κ3) is 4.65. The number of nitrogens with one attached hydrogen (secondary N) is 2. The number of nitrogens with zero attached hydrogens (tertiary/aromatic N) is 3. The topological polar surface area (TPSA) is 93.0 Å². The fourth-order valence-electron chi connectivity index (χ4n) is 3.19. The van der Waals surface area contributed by atoms with E-state index in [2.05, 4.69) is 20.6 Å². The lowest BCUT2D eigenvalue weighted by Crippen LogP contribution is -2.20. The zero-order valence-corrected chi connectivity index (χ0v) is 14.4. The summed E-state index contributed by atoms with van der Waals surface area (Å²) in [6, 6.07) is 6.14. The summed E-state index contributed by atoms with van der Waals surface area (Å²) in [5.74, 6) is 0.0839. The smallest absolute Gasteiger partial charge is 0.353 e. The van der Waals surface area contributed by atoms with Crippen LogP contribution in [0, 0.1) is 15.9 Å². The maximum absolute atomic E-state index is 13.0. The van der Waals surface area contributed by atoms with Gasteiger partial charge in [-0.25, -0.2) is 14.4 Å². The van der Waals surface area contributed by atoms with Crippen molar-refractivity contribution in [2.75, 3.05) is 10.6 Å². The van der Waals surface area contributed by atoms with Crippen molar-refractivity contribution in [2.45, 2.75) is 51.1 Å². The maximum Gasteiger partial charge on any atom is 0.353 e. The second-order valence-corrected chi connectivity index (χ2v) is 6.49. The number of nitro groups is 1. The second kappa shape index (κ2) is 8.55. The van der Waals surface area contributed by atoms with E-state index in [4.69, 9.17) is 0 Å². The average Bonchev–Trinajstić information content (AvgIpc) is 2.90.